The molecular formula is C18H23FN2. The fourth-order valence-electron chi connectivity index (χ4n) is 2.53. The van der Waals surface area contributed by atoms with Crippen molar-refractivity contribution in [2.24, 2.45) is 0 Å². The van der Waals surface area contributed by atoms with E-state index in [4.69, 9.17) is 0 Å². The summed E-state index contributed by atoms with van der Waals surface area (Å²) in [6.07, 6.45) is 6.61. The Kier molecular flexibility index (Phi) is 5.88. The molecule has 1 unspecified atom stereocenters. The SMILES string of the molecule is CCCNC(CCc1ccncc1)c1cc(C)cc(F)c1. The van der Waals surface area contributed by atoms with Gasteiger partial charge in [0.1, 0.15) is 5.82 Å². The van der Waals surface area contributed by atoms with Crippen molar-refractivity contribution >= 4 is 0 Å². The highest BCUT2D eigenvalue weighted by molar-refractivity contribution is 5.26. The van der Waals surface area contributed by atoms with Crippen molar-refractivity contribution in [3.05, 3.63) is 65.2 Å². The average Bonchev–Trinajstić information content (AvgIpc) is 2.47. The largest absolute Gasteiger partial charge is 0.310 e. The molecule has 0 fully saturated rings. The maximum Gasteiger partial charge on any atom is 0.123 e. The van der Waals surface area contributed by atoms with Gasteiger partial charge in [0.15, 0.2) is 0 Å². The van der Waals surface area contributed by atoms with Gasteiger partial charge in [-0.1, -0.05) is 13.0 Å². The molecule has 21 heavy (non-hydrogen) atoms. The van der Waals surface area contributed by atoms with E-state index in [0.29, 0.717) is 0 Å². The van der Waals surface area contributed by atoms with Gasteiger partial charge in [0.2, 0.25) is 0 Å². The van der Waals surface area contributed by atoms with Crippen molar-refractivity contribution in [2.75, 3.05) is 6.54 Å². The number of halogens is 1. The van der Waals surface area contributed by atoms with Crippen LogP contribution in [0.15, 0.2) is 42.7 Å². The molecule has 2 rings (SSSR count). The van der Waals surface area contributed by atoms with Gasteiger partial charge in [-0.3, -0.25) is 4.98 Å². The van der Waals surface area contributed by atoms with Crippen LogP contribution in [0.25, 0.3) is 0 Å². The molecule has 0 saturated carbocycles. The molecular weight excluding hydrogens is 263 g/mol. The van der Waals surface area contributed by atoms with Crippen molar-refractivity contribution in [3.63, 3.8) is 0 Å². The van der Waals surface area contributed by atoms with Gasteiger partial charge in [-0.2, -0.15) is 0 Å². The molecule has 0 radical (unpaired) electrons. The van der Waals surface area contributed by atoms with E-state index in [1.165, 1.54) is 5.56 Å². The molecule has 2 nitrogen and oxygen atoms in total. The van der Waals surface area contributed by atoms with Crippen LogP contribution in [0.4, 0.5) is 4.39 Å². The van der Waals surface area contributed by atoms with Gasteiger partial charge < -0.3 is 5.32 Å². The smallest absolute Gasteiger partial charge is 0.123 e. The van der Waals surface area contributed by atoms with E-state index < -0.39 is 0 Å². The monoisotopic (exact) mass is 286 g/mol. The Morgan fingerprint density at radius 1 is 1.19 bits per heavy atom. The van der Waals surface area contributed by atoms with Gasteiger partial charge in [-0.25, -0.2) is 4.39 Å². The number of aryl methyl sites for hydroxylation is 2. The first-order valence-corrected chi connectivity index (χ1v) is 7.58. The van der Waals surface area contributed by atoms with E-state index in [9.17, 15) is 4.39 Å². The maximum atomic E-state index is 13.6. The Bertz CT molecular complexity index is 534. The molecule has 3 heteroatoms. The quantitative estimate of drug-likeness (QED) is 0.825. The normalized spacial score (nSPS) is 12.3. The lowest BCUT2D eigenvalue weighted by molar-refractivity contribution is 0.495. The van der Waals surface area contributed by atoms with Crippen molar-refractivity contribution in [3.8, 4) is 0 Å². The summed E-state index contributed by atoms with van der Waals surface area (Å²) in [5.74, 6) is -0.155. The predicted octanol–water partition coefficient (Wildman–Crippen LogP) is 4.20. The van der Waals surface area contributed by atoms with Crippen LogP contribution >= 0.6 is 0 Å². The minimum atomic E-state index is -0.155. The minimum absolute atomic E-state index is 0.155. The molecule has 0 aliphatic carbocycles. The van der Waals surface area contributed by atoms with Crippen LogP contribution in [-0.2, 0) is 6.42 Å². The van der Waals surface area contributed by atoms with Crippen LogP contribution in [0.1, 0.15) is 42.5 Å². The summed E-state index contributed by atoms with van der Waals surface area (Å²) in [6.45, 7) is 5.02. The number of nitrogens with zero attached hydrogens (tertiary/aromatic N) is 1. The first-order valence-electron chi connectivity index (χ1n) is 7.58. The first-order chi connectivity index (χ1) is 10.2. The third kappa shape index (κ3) is 4.94. The lowest BCUT2D eigenvalue weighted by atomic mass is 9.97. The number of nitrogens with one attached hydrogen (secondary N) is 1. The second-order valence-corrected chi connectivity index (χ2v) is 5.46. The highest BCUT2D eigenvalue weighted by atomic mass is 19.1. The predicted molar refractivity (Wildman–Crippen MR) is 84.7 cm³/mol. The fourth-order valence-corrected chi connectivity index (χ4v) is 2.53. The highest BCUT2D eigenvalue weighted by Crippen LogP contribution is 2.21. The summed E-state index contributed by atoms with van der Waals surface area (Å²) in [5.41, 5.74) is 3.27. The summed E-state index contributed by atoms with van der Waals surface area (Å²) in [7, 11) is 0. The molecule has 0 amide bonds. The summed E-state index contributed by atoms with van der Waals surface area (Å²) < 4.78 is 13.6. The maximum absolute atomic E-state index is 13.6. The molecule has 1 heterocycles. The third-order valence-corrected chi connectivity index (χ3v) is 3.58. The Morgan fingerprint density at radius 2 is 1.95 bits per heavy atom. The molecule has 112 valence electrons. The van der Waals surface area contributed by atoms with Crippen LogP contribution in [0, 0.1) is 12.7 Å². The number of hydrogen-bond acceptors (Lipinski definition) is 2. The molecule has 0 aliphatic heterocycles. The second kappa shape index (κ2) is 7.89. The number of aromatic nitrogens is 1. The molecule has 1 aromatic heterocycles. The van der Waals surface area contributed by atoms with E-state index >= 15 is 0 Å². The Hall–Kier alpha value is -1.74. The zero-order valence-corrected chi connectivity index (χ0v) is 12.8. The van der Waals surface area contributed by atoms with E-state index in [2.05, 4.69) is 23.3 Å². The highest BCUT2D eigenvalue weighted by Gasteiger charge is 2.12. The molecule has 1 N–H and O–H groups in total. The van der Waals surface area contributed by atoms with Gasteiger partial charge >= 0.3 is 0 Å². The Balaban J connectivity index is 2.10. The van der Waals surface area contributed by atoms with Gasteiger partial charge in [0.25, 0.3) is 0 Å². The number of pyridine rings is 1. The zero-order valence-electron chi connectivity index (χ0n) is 12.8. The lowest BCUT2D eigenvalue weighted by Crippen LogP contribution is -2.23. The summed E-state index contributed by atoms with van der Waals surface area (Å²) >= 11 is 0. The van der Waals surface area contributed by atoms with E-state index in [-0.39, 0.29) is 11.9 Å². The molecule has 1 aromatic carbocycles. The first kappa shape index (κ1) is 15.6. The molecule has 0 spiro atoms. The van der Waals surface area contributed by atoms with Crippen LogP contribution < -0.4 is 5.32 Å². The zero-order chi connectivity index (χ0) is 15.1. The summed E-state index contributed by atoms with van der Waals surface area (Å²) in [5, 5.41) is 3.53. The van der Waals surface area contributed by atoms with Crippen LogP contribution in [-0.4, -0.2) is 11.5 Å². The van der Waals surface area contributed by atoms with Crippen molar-refractivity contribution in [2.45, 2.75) is 39.2 Å². The Labute approximate surface area is 126 Å². The fraction of sp³-hybridized carbons (Fsp3) is 0.389. The van der Waals surface area contributed by atoms with Gasteiger partial charge in [0.05, 0.1) is 0 Å². The average molecular weight is 286 g/mol. The van der Waals surface area contributed by atoms with Crippen LogP contribution in [0.2, 0.25) is 0 Å². The standard InChI is InChI=1S/C18H23FN2/c1-3-8-21-18(5-4-15-6-9-20-10-7-15)16-11-14(2)12-17(19)13-16/h6-7,9-13,18,21H,3-5,8H2,1-2H3. The van der Waals surface area contributed by atoms with Gasteiger partial charge in [-0.05, 0) is 73.7 Å². The second-order valence-electron chi connectivity index (χ2n) is 5.46. The Morgan fingerprint density at radius 3 is 2.62 bits per heavy atom. The molecule has 1 atom stereocenters. The van der Waals surface area contributed by atoms with Crippen molar-refractivity contribution < 1.29 is 4.39 Å². The third-order valence-electron chi connectivity index (χ3n) is 3.58. The van der Waals surface area contributed by atoms with Crippen LogP contribution in [0.3, 0.4) is 0 Å². The van der Waals surface area contributed by atoms with Gasteiger partial charge in [0, 0.05) is 18.4 Å². The number of benzene rings is 1. The molecule has 0 aliphatic rings. The molecule has 2 aromatic rings. The summed E-state index contributed by atoms with van der Waals surface area (Å²) in [4.78, 5) is 4.04. The van der Waals surface area contributed by atoms with E-state index in [1.54, 1.807) is 12.1 Å². The summed E-state index contributed by atoms with van der Waals surface area (Å²) in [6, 6.07) is 9.55. The number of rotatable bonds is 7. The van der Waals surface area contributed by atoms with Crippen LogP contribution in [0.5, 0.6) is 0 Å². The lowest BCUT2D eigenvalue weighted by Gasteiger charge is -2.20. The topological polar surface area (TPSA) is 24.9 Å². The van der Waals surface area contributed by atoms with E-state index in [1.807, 2.05) is 31.5 Å². The molecule has 0 saturated heterocycles. The minimum Gasteiger partial charge on any atom is -0.310 e. The van der Waals surface area contributed by atoms with Crippen molar-refractivity contribution in [1.82, 2.24) is 10.3 Å². The van der Waals surface area contributed by atoms with Gasteiger partial charge in [-0.15, -0.1) is 0 Å². The molecule has 0 bridgehead atoms. The van der Waals surface area contributed by atoms with Crippen molar-refractivity contribution in [1.29, 1.82) is 0 Å². The van der Waals surface area contributed by atoms with E-state index in [0.717, 1.165) is 36.9 Å². The number of hydrogen-bond donors (Lipinski definition) is 1.